The van der Waals surface area contributed by atoms with Crippen LogP contribution in [0.1, 0.15) is 32.4 Å². The van der Waals surface area contributed by atoms with Gasteiger partial charge in [-0.2, -0.15) is 0 Å². The molecule has 1 aliphatic heterocycles. The first-order valence-electron chi connectivity index (χ1n) is 8.60. The number of hydrogen-bond acceptors (Lipinski definition) is 7. The maximum Gasteiger partial charge on any atom is 0.469 e. The Morgan fingerprint density at radius 3 is 2.89 bits per heavy atom. The molecular weight excluding hydrogens is 379 g/mol. The number of anilines is 1. The summed E-state index contributed by atoms with van der Waals surface area (Å²) in [5, 5.41) is 10.8. The van der Waals surface area contributed by atoms with Gasteiger partial charge >= 0.3 is 7.82 Å². The number of pyridine rings is 1. The summed E-state index contributed by atoms with van der Waals surface area (Å²) < 4.78 is 23.0. The molecule has 1 aliphatic rings. The van der Waals surface area contributed by atoms with Crippen molar-refractivity contribution in [1.82, 2.24) is 14.5 Å². The molecule has 0 aromatic carbocycles. The van der Waals surface area contributed by atoms with E-state index in [2.05, 4.69) is 14.5 Å². The number of rotatable bonds is 7. The highest BCUT2D eigenvalue weighted by molar-refractivity contribution is 7.46. The summed E-state index contributed by atoms with van der Waals surface area (Å²) in [6.45, 7) is 1.64. The quantitative estimate of drug-likeness (QED) is 0.413. The zero-order chi connectivity index (χ0) is 19.8. The number of imidazole rings is 1. The number of aliphatic hydroxyl groups is 1. The highest BCUT2D eigenvalue weighted by Crippen LogP contribution is 2.42. The van der Waals surface area contributed by atoms with Crippen LogP contribution in [0.25, 0.3) is 11.0 Å². The van der Waals surface area contributed by atoms with Crippen molar-refractivity contribution in [2.45, 2.75) is 44.6 Å². The molecule has 4 atom stereocenters. The molecule has 0 unspecified atom stereocenters. The first-order valence-corrected chi connectivity index (χ1v) is 10.1. The molecule has 3 heterocycles. The van der Waals surface area contributed by atoms with Crippen LogP contribution in [0.2, 0.25) is 0 Å². The predicted octanol–water partition coefficient (Wildman–Crippen LogP) is 0.481. The Balaban J connectivity index is 1.91. The van der Waals surface area contributed by atoms with Crippen LogP contribution in [0.5, 0.6) is 0 Å². The van der Waals surface area contributed by atoms with E-state index >= 15 is 0 Å². The van der Waals surface area contributed by atoms with Gasteiger partial charge in [0.1, 0.15) is 11.9 Å². The van der Waals surface area contributed by atoms with Crippen LogP contribution in [0, 0.1) is 5.92 Å². The van der Waals surface area contributed by atoms with E-state index < -0.39 is 37.7 Å². The number of ether oxygens (including phenoxy) is 1. The van der Waals surface area contributed by atoms with Gasteiger partial charge in [0.15, 0.2) is 11.7 Å². The van der Waals surface area contributed by atoms with Crippen molar-refractivity contribution in [3.8, 4) is 0 Å². The number of hydrogen-bond donors (Lipinski definition) is 5. The van der Waals surface area contributed by atoms with Gasteiger partial charge in [0.05, 0.1) is 24.6 Å². The summed E-state index contributed by atoms with van der Waals surface area (Å²) in [5.74, 6) is -0.246. The number of nitrogens with one attached hydrogen (secondary N) is 1. The van der Waals surface area contributed by atoms with Crippen molar-refractivity contribution < 1.29 is 28.7 Å². The van der Waals surface area contributed by atoms with Crippen LogP contribution in [-0.2, 0) is 13.8 Å². The van der Waals surface area contributed by atoms with Gasteiger partial charge < -0.3 is 34.9 Å². The van der Waals surface area contributed by atoms with Crippen molar-refractivity contribution in [2.75, 3.05) is 12.3 Å². The number of aromatic nitrogens is 3. The molecule has 3 rings (SSSR count). The van der Waals surface area contributed by atoms with Crippen LogP contribution in [0.3, 0.4) is 0 Å². The predicted molar refractivity (Wildman–Crippen MR) is 95.7 cm³/mol. The van der Waals surface area contributed by atoms with Gasteiger partial charge in [0, 0.05) is 12.0 Å². The fourth-order valence-electron chi connectivity index (χ4n) is 3.42. The third-order valence-corrected chi connectivity index (χ3v) is 5.18. The molecular formula is C15H23N4O7P. The molecule has 2 aromatic heterocycles. The summed E-state index contributed by atoms with van der Waals surface area (Å²) in [5.41, 5.74) is 5.78. The standard InChI is InChI=1S/C15H23N4O7P/c1-2-3-4-8-10(6-25-27(22,23)24)26-15(13(8)20)19-7-17-12-9(19)5-11(16)18-14(12)21/h5,7-8,10,13,15,20H,2-4,6H2,1H3,(H3,16,18,21)(H2,22,23,24)/t8-,10-,13-,15-/m1/s1. The number of H-pyrrole nitrogens is 1. The minimum absolute atomic E-state index is 0.144. The topological polar surface area (TPSA) is 173 Å². The summed E-state index contributed by atoms with van der Waals surface area (Å²) in [6.07, 6.45) is 1.08. The van der Waals surface area contributed by atoms with E-state index in [1.165, 1.54) is 17.0 Å². The number of aliphatic hydroxyl groups excluding tert-OH is 1. The number of unbranched alkanes of at least 4 members (excludes halogenated alkanes) is 1. The average Bonchev–Trinajstić information content (AvgIpc) is 3.12. The Bertz CT molecular complexity index is 907. The molecule has 11 nitrogen and oxygen atoms in total. The van der Waals surface area contributed by atoms with Crippen molar-refractivity contribution >= 4 is 24.7 Å². The summed E-state index contributed by atoms with van der Waals surface area (Å²) in [4.78, 5) is 36.4. The van der Waals surface area contributed by atoms with Crippen molar-refractivity contribution in [1.29, 1.82) is 0 Å². The van der Waals surface area contributed by atoms with Crippen LogP contribution < -0.4 is 11.3 Å². The Morgan fingerprint density at radius 1 is 1.48 bits per heavy atom. The number of phosphoric acid groups is 1. The molecule has 0 spiro atoms. The van der Waals surface area contributed by atoms with Crippen molar-refractivity contribution in [3.63, 3.8) is 0 Å². The monoisotopic (exact) mass is 402 g/mol. The van der Waals surface area contributed by atoms with E-state index in [1.807, 2.05) is 6.92 Å². The minimum atomic E-state index is -4.67. The van der Waals surface area contributed by atoms with E-state index in [0.29, 0.717) is 11.9 Å². The average molecular weight is 402 g/mol. The minimum Gasteiger partial charge on any atom is -0.388 e. The van der Waals surface area contributed by atoms with E-state index in [0.717, 1.165) is 12.8 Å². The number of phosphoric ester groups is 1. The van der Waals surface area contributed by atoms with Gasteiger partial charge in [-0.05, 0) is 6.42 Å². The normalized spacial score (nSPS) is 26.1. The third-order valence-electron chi connectivity index (χ3n) is 4.69. The van der Waals surface area contributed by atoms with Crippen LogP contribution in [0.15, 0.2) is 17.2 Å². The molecule has 1 fully saturated rings. The lowest BCUT2D eigenvalue weighted by Crippen LogP contribution is -2.28. The lowest BCUT2D eigenvalue weighted by Gasteiger charge is -2.20. The molecule has 0 aliphatic carbocycles. The van der Waals surface area contributed by atoms with Gasteiger partial charge in [-0.3, -0.25) is 9.32 Å². The molecule has 27 heavy (non-hydrogen) atoms. The maximum absolute atomic E-state index is 12.0. The van der Waals surface area contributed by atoms with E-state index in [4.69, 9.17) is 20.3 Å². The molecule has 1 saturated heterocycles. The summed E-state index contributed by atoms with van der Waals surface area (Å²) >= 11 is 0. The van der Waals surface area contributed by atoms with Crippen molar-refractivity contribution in [2.24, 2.45) is 5.92 Å². The Labute approximate surface area is 154 Å². The lowest BCUT2D eigenvalue weighted by atomic mass is 9.92. The second kappa shape index (κ2) is 7.70. The first-order chi connectivity index (χ1) is 12.7. The lowest BCUT2D eigenvalue weighted by molar-refractivity contribution is -0.0485. The second-order valence-electron chi connectivity index (χ2n) is 6.59. The molecule has 2 aromatic rings. The Morgan fingerprint density at radius 2 is 2.22 bits per heavy atom. The number of aromatic amines is 1. The highest BCUT2D eigenvalue weighted by Gasteiger charge is 2.45. The van der Waals surface area contributed by atoms with Gasteiger partial charge in [-0.25, -0.2) is 9.55 Å². The molecule has 0 bridgehead atoms. The number of fused-ring (bicyclic) bond motifs is 1. The number of nitrogens with two attached hydrogens (primary N) is 1. The zero-order valence-corrected chi connectivity index (χ0v) is 15.6. The first kappa shape index (κ1) is 20.0. The van der Waals surface area contributed by atoms with E-state index in [9.17, 15) is 14.5 Å². The molecule has 0 radical (unpaired) electrons. The molecule has 6 N–H and O–H groups in total. The fraction of sp³-hybridized carbons (Fsp3) is 0.600. The van der Waals surface area contributed by atoms with E-state index in [-0.39, 0.29) is 17.9 Å². The fourth-order valence-corrected chi connectivity index (χ4v) is 3.76. The van der Waals surface area contributed by atoms with Crippen molar-refractivity contribution in [3.05, 3.63) is 22.7 Å². The summed E-state index contributed by atoms with van der Waals surface area (Å²) in [6, 6.07) is 1.51. The van der Waals surface area contributed by atoms with E-state index in [1.54, 1.807) is 0 Å². The zero-order valence-electron chi connectivity index (χ0n) is 14.7. The Kier molecular flexibility index (Phi) is 5.71. The molecule has 150 valence electrons. The molecule has 0 saturated carbocycles. The maximum atomic E-state index is 12.0. The van der Waals surface area contributed by atoms with Gasteiger partial charge in [0.25, 0.3) is 5.56 Å². The van der Waals surface area contributed by atoms with Crippen LogP contribution in [-0.4, -0.2) is 48.2 Å². The Hall–Kier alpha value is -1.75. The molecule has 0 amide bonds. The highest BCUT2D eigenvalue weighted by atomic mass is 31.2. The second-order valence-corrected chi connectivity index (χ2v) is 7.83. The molecule has 12 heteroatoms. The van der Waals surface area contributed by atoms with Crippen LogP contribution in [0.4, 0.5) is 5.82 Å². The largest absolute Gasteiger partial charge is 0.469 e. The number of nitrogens with zero attached hydrogens (tertiary/aromatic N) is 2. The van der Waals surface area contributed by atoms with Crippen LogP contribution >= 0.6 is 7.82 Å². The van der Waals surface area contributed by atoms with Gasteiger partial charge in [-0.1, -0.05) is 19.8 Å². The SMILES string of the molecule is CCCC[C@H]1[C@@H](O)[C@H](n2cnc3c(=O)[nH]c(N)cc32)O[C@@H]1COP(=O)(O)O. The third kappa shape index (κ3) is 4.23. The summed E-state index contributed by atoms with van der Waals surface area (Å²) in [7, 11) is -4.67. The van der Waals surface area contributed by atoms with Gasteiger partial charge in [-0.15, -0.1) is 0 Å². The smallest absolute Gasteiger partial charge is 0.388 e. The van der Waals surface area contributed by atoms with Gasteiger partial charge in [0.2, 0.25) is 0 Å². The number of nitrogen functional groups attached to an aromatic ring is 1.